The van der Waals surface area contributed by atoms with Crippen molar-refractivity contribution in [2.75, 3.05) is 6.54 Å². The molecule has 0 saturated heterocycles. The van der Waals surface area contributed by atoms with Crippen molar-refractivity contribution in [3.05, 3.63) is 74.8 Å². The van der Waals surface area contributed by atoms with E-state index in [4.69, 9.17) is 11.6 Å². The SMILES string of the molecule is O=C(CNC(=O)c1ccc(Cl)cc1)c1cccc([N+](=O)[O-])c1. The number of nitro groups is 1. The van der Waals surface area contributed by atoms with Crippen molar-refractivity contribution in [1.82, 2.24) is 5.32 Å². The molecule has 2 aromatic carbocycles. The summed E-state index contributed by atoms with van der Waals surface area (Å²) >= 11 is 5.72. The molecule has 0 unspecified atom stereocenters. The van der Waals surface area contributed by atoms with Crippen molar-refractivity contribution in [2.45, 2.75) is 0 Å². The number of benzene rings is 2. The number of nitro benzene ring substituents is 1. The average molecular weight is 319 g/mol. The van der Waals surface area contributed by atoms with Crippen molar-refractivity contribution >= 4 is 29.0 Å². The molecule has 0 aliphatic rings. The zero-order chi connectivity index (χ0) is 16.1. The first-order chi connectivity index (χ1) is 10.5. The van der Waals surface area contributed by atoms with Gasteiger partial charge in [-0.15, -0.1) is 0 Å². The standard InChI is InChI=1S/C15H11ClN2O4/c16-12-6-4-10(5-7-12)15(20)17-9-14(19)11-2-1-3-13(8-11)18(21)22/h1-8H,9H2,(H,17,20). The smallest absolute Gasteiger partial charge is 0.270 e. The predicted molar refractivity (Wildman–Crippen MR) is 81.2 cm³/mol. The summed E-state index contributed by atoms with van der Waals surface area (Å²) in [5, 5.41) is 13.6. The van der Waals surface area contributed by atoms with Gasteiger partial charge in [0.05, 0.1) is 11.5 Å². The lowest BCUT2D eigenvalue weighted by molar-refractivity contribution is -0.384. The highest BCUT2D eigenvalue weighted by atomic mass is 35.5. The van der Waals surface area contributed by atoms with E-state index in [1.165, 1.54) is 36.4 Å². The van der Waals surface area contributed by atoms with Crippen LogP contribution in [-0.2, 0) is 0 Å². The van der Waals surface area contributed by atoms with Gasteiger partial charge in [0.15, 0.2) is 5.78 Å². The number of nitrogens with zero attached hydrogens (tertiary/aromatic N) is 1. The van der Waals surface area contributed by atoms with Crippen molar-refractivity contribution in [3.8, 4) is 0 Å². The second-order valence-electron chi connectivity index (χ2n) is 4.42. The van der Waals surface area contributed by atoms with Crippen LogP contribution in [-0.4, -0.2) is 23.2 Å². The first-order valence-electron chi connectivity index (χ1n) is 6.29. The molecule has 0 aromatic heterocycles. The number of halogens is 1. The number of hydrogen-bond donors (Lipinski definition) is 1. The van der Waals surface area contributed by atoms with Crippen LogP contribution in [0.1, 0.15) is 20.7 Å². The monoisotopic (exact) mass is 318 g/mol. The number of Topliss-reactive ketones (excluding diaryl/α,β-unsaturated/α-hetero) is 1. The van der Waals surface area contributed by atoms with Gasteiger partial charge in [-0.1, -0.05) is 23.7 Å². The highest BCUT2D eigenvalue weighted by molar-refractivity contribution is 6.30. The average Bonchev–Trinajstić information content (AvgIpc) is 2.53. The van der Waals surface area contributed by atoms with Crippen LogP contribution < -0.4 is 5.32 Å². The Morgan fingerprint density at radius 2 is 1.77 bits per heavy atom. The molecular formula is C15H11ClN2O4. The third-order valence-corrected chi connectivity index (χ3v) is 3.15. The molecule has 2 rings (SSSR count). The van der Waals surface area contributed by atoms with Crippen LogP contribution >= 0.6 is 11.6 Å². The molecule has 0 fully saturated rings. The van der Waals surface area contributed by atoms with Crippen LogP contribution in [0.15, 0.2) is 48.5 Å². The van der Waals surface area contributed by atoms with Crippen molar-refractivity contribution in [3.63, 3.8) is 0 Å². The van der Waals surface area contributed by atoms with Gasteiger partial charge in [0, 0.05) is 28.3 Å². The topological polar surface area (TPSA) is 89.3 Å². The Morgan fingerprint density at radius 1 is 1.09 bits per heavy atom. The van der Waals surface area contributed by atoms with Gasteiger partial charge < -0.3 is 5.32 Å². The minimum Gasteiger partial charge on any atom is -0.345 e. The predicted octanol–water partition coefficient (Wildman–Crippen LogP) is 2.86. The molecule has 1 N–H and O–H groups in total. The third kappa shape index (κ3) is 3.89. The fourth-order valence-corrected chi connectivity index (χ4v) is 1.88. The minimum atomic E-state index is -0.580. The quantitative estimate of drug-likeness (QED) is 0.521. The van der Waals surface area contributed by atoms with Gasteiger partial charge in [-0.3, -0.25) is 19.7 Å². The lowest BCUT2D eigenvalue weighted by Gasteiger charge is -2.05. The Labute approximate surface area is 130 Å². The molecule has 2 aromatic rings. The Morgan fingerprint density at radius 3 is 2.41 bits per heavy atom. The zero-order valence-corrected chi connectivity index (χ0v) is 12.0. The van der Waals surface area contributed by atoms with Crippen LogP contribution in [0, 0.1) is 10.1 Å². The number of non-ortho nitro benzene ring substituents is 1. The second-order valence-corrected chi connectivity index (χ2v) is 4.86. The second kappa shape index (κ2) is 6.82. The van der Waals surface area contributed by atoms with Gasteiger partial charge in [0.2, 0.25) is 0 Å². The molecule has 112 valence electrons. The van der Waals surface area contributed by atoms with Crippen LogP contribution in [0.2, 0.25) is 5.02 Å². The third-order valence-electron chi connectivity index (χ3n) is 2.89. The normalized spacial score (nSPS) is 10.0. The number of amides is 1. The van der Waals surface area contributed by atoms with Crippen molar-refractivity contribution < 1.29 is 14.5 Å². The summed E-state index contributed by atoms with van der Waals surface area (Å²) in [4.78, 5) is 33.9. The molecule has 6 nitrogen and oxygen atoms in total. The van der Waals surface area contributed by atoms with E-state index in [2.05, 4.69) is 5.32 Å². The van der Waals surface area contributed by atoms with Crippen LogP contribution in [0.3, 0.4) is 0 Å². The molecule has 0 heterocycles. The molecule has 1 amide bonds. The maximum Gasteiger partial charge on any atom is 0.270 e. The highest BCUT2D eigenvalue weighted by Crippen LogP contribution is 2.13. The van der Waals surface area contributed by atoms with E-state index < -0.39 is 16.6 Å². The van der Waals surface area contributed by atoms with Crippen molar-refractivity contribution in [1.29, 1.82) is 0 Å². The molecule has 0 bridgehead atoms. The lowest BCUT2D eigenvalue weighted by Crippen LogP contribution is -2.29. The fourth-order valence-electron chi connectivity index (χ4n) is 1.76. The zero-order valence-electron chi connectivity index (χ0n) is 11.3. The van der Waals surface area contributed by atoms with E-state index in [1.54, 1.807) is 12.1 Å². The number of rotatable bonds is 5. The molecule has 7 heteroatoms. The van der Waals surface area contributed by atoms with Gasteiger partial charge in [-0.25, -0.2) is 0 Å². The summed E-state index contributed by atoms with van der Waals surface area (Å²) in [5.41, 5.74) is 0.372. The Hall–Kier alpha value is -2.73. The van der Waals surface area contributed by atoms with E-state index in [1.807, 2.05) is 0 Å². The van der Waals surface area contributed by atoms with E-state index in [0.717, 1.165) is 0 Å². The Bertz CT molecular complexity index is 729. The minimum absolute atomic E-state index is 0.171. The fraction of sp³-hybridized carbons (Fsp3) is 0.0667. The molecule has 22 heavy (non-hydrogen) atoms. The van der Waals surface area contributed by atoms with Gasteiger partial charge >= 0.3 is 0 Å². The lowest BCUT2D eigenvalue weighted by atomic mass is 10.1. The molecule has 0 atom stereocenters. The first kappa shape index (κ1) is 15.7. The van der Waals surface area contributed by atoms with Crippen LogP contribution in [0.5, 0.6) is 0 Å². The molecule has 0 saturated carbocycles. The number of ketones is 1. The maximum atomic E-state index is 12.0. The molecule has 0 aliphatic heterocycles. The number of nitrogens with one attached hydrogen (secondary N) is 1. The van der Waals surface area contributed by atoms with E-state index >= 15 is 0 Å². The van der Waals surface area contributed by atoms with Gasteiger partial charge in [-0.05, 0) is 24.3 Å². The number of carbonyl (C=O) groups excluding carboxylic acids is 2. The van der Waals surface area contributed by atoms with Gasteiger partial charge in [-0.2, -0.15) is 0 Å². The molecule has 0 aliphatic carbocycles. The van der Waals surface area contributed by atoms with Crippen molar-refractivity contribution in [2.24, 2.45) is 0 Å². The van der Waals surface area contributed by atoms with Gasteiger partial charge in [0.1, 0.15) is 0 Å². The summed E-state index contributed by atoms with van der Waals surface area (Å²) in [6.45, 7) is -0.247. The van der Waals surface area contributed by atoms with E-state index in [-0.39, 0.29) is 17.8 Å². The Balaban J connectivity index is 2.00. The van der Waals surface area contributed by atoms with E-state index in [9.17, 15) is 19.7 Å². The van der Waals surface area contributed by atoms with E-state index in [0.29, 0.717) is 10.6 Å². The maximum absolute atomic E-state index is 12.0. The molecular weight excluding hydrogens is 308 g/mol. The number of carbonyl (C=O) groups is 2. The molecule has 0 radical (unpaired) electrons. The summed E-state index contributed by atoms with van der Waals surface area (Å²) < 4.78 is 0. The van der Waals surface area contributed by atoms with Crippen LogP contribution in [0.4, 0.5) is 5.69 Å². The summed E-state index contributed by atoms with van der Waals surface area (Å²) in [7, 11) is 0. The first-order valence-corrected chi connectivity index (χ1v) is 6.66. The largest absolute Gasteiger partial charge is 0.345 e. The summed E-state index contributed by atoms with van der Waals surface area (Å²) in [6, 6.07) is 11.6. The summed E-state index contributed by atoms with van der Waals surface area (Å²) in [5.74, 6) is -0.832. The summed E-state index contributed by atoms with van der Waals surface area (Å²) in [6.07, 6.45) is 0. The van der Waals surface area contributed by atoms with Gasteiger partial charge in [0.25, 0.3) is 11.6 Å². The highest BCUT2D eigenvalue weighted by Gasteiger charge is 2.13. The Kier molecular flexibility index (Phi) is 4.85. The van der Waals surface area contributed by atoms with Crippen LogP contribution in [0.25, 0.3) is 0 Å². The molecule has 0 spiro atoms. The number of hydrogen-bond acceptors (Lipinski definition) is 4.